The Bertz CT molecular complexity index is 154. The molecule has 0 heterocycles. The Hall–Kier alpha value is 1.50. The van der Waals surface area contributed by atoms with Gasteiger partial charge >= 0.3 is 23.9 Å². The molecule has 3 heteroatoms. The fourth-order valence-electron chi connectivity index (χ4n) is 2.47. The molecular weight excluding hydrogens is 495 g/mol. The van der Waals surface area contributed by atoms with E-state index < -0.39 is 0 Å². The Morgan fingerprint density at radius 3 is 0.759 bits per heavy atom. The molecule has 0 saturated heterocycles. The monoisotopic (exact) mass is 552 g/mol. The van der Waals surface area contributed by atoms with Crippen molar-refractivity contribution in [2.45, 2.75) is 144 Å². The Balaban J connectivity index is -0.000000101. The SMILES string of the molecule is CCCCCCCCCC[S-].CCCCCCCCCC[S-].C[CH]C.C[CH]C.[Sn+2]. The molecule has 0 nitrogen and oxygen atoms in total. The topological polar surface area (TPSA) is 0 Å². The zero-order valence-electron chi connectivity index (χ0n) is 21.2. The van der Waals surface area contributed by atoms with Crippen LogP contribution in [0.5, 0.6) is 0 Å². The van der Waals surface area contributed by atoms with Crippen LogP contribution in [-0.4, -0.2) is 35.4 Å². The maximum absolute atomic E-state index is 4.87. The van der Waals surface area contributed by atoms with E-state index in [1.807, 2.05) is 40.5 Å². The van der Waals surface area contributed by atoms with Crippen molar-refractivity contribution in [2.24, 2.45) is 0 Å². The minimum Gasteiger partial charge on any atom is -0.793 e. The zero-order chi connectivity index (χ0) is 22.1. The van der Waals surface area contributed by atoms with Crippen molar-refractivity contribution in [1.29, 1.82) is 0 Å². The Kier molecular flexibility index (Phi) is 73.0. The van der Waals surface area contributed by atoms with Gasteiger partial charge in [0.25, 0.3) is 0 Å². The summed E-state index contributed by atoms with van der Waals surface area (Å²) in [5.41, 5.74) is 0. The van der Waals surface area contributed by atoms with E-state index in [9.17, 15) is 0 Å². The molecule has 4 radical (unpaired) electrons. The predicted molar refractivity (Wildman–Crippen MR) is 147 cm³/mol. The normalized spacial score (nSPS) is 9.10. The van der Waals surface area contributed by atoms with E-state index in [4.69, 9.17) is 25.3 Å². The van der Waals surface area contributed by atoms with Crippen LogP contribution in [0.25, 0.3) is 0 Å². The van der Waals surface area contributed by atoms with E-state index in [1.165, 1.54) is 103 Å². The fourth-order valence-corrected chi connectivity index (χ4v) is 2.88. The van der Waals surface area contributed by atoms with E-state index in [0.29, 0.717) is 0 Å². The van der Waals surface area contributed by atoms with Gasteiger partial charge in [0, 0.05) is 0 Å². The average Bonchev–Trinajstić information content (AvgIpc) is 2.69. The molecule has 176 valence electrons. The second-order valence-corrected chi connectivity index (χ2v) is 8.33. The molecule has 0 spiro atoms. The molecule has 0 aliphatic heterocycles. The molecule has 0 bridgehead atoms. The third kappa shape index (κ3) is 72.8. The number of hydrogen-bond donors (Lipinski definition) is 0. The first-order valence-electron chi connectivity index (χ1n) is 12.3. The minimum absolute atomic E-state index is 0. The summed E-state index contributed by atoms with van der Waals surface area (Å²) in [5.74, 6) is 1.91. The van der Waals surface area contributed by atoms with Crippen LogP contribution < -0.4 is 0 Å². The van der Waals surface area contributed by atoms with Gasteiger partial charge in [0.05, 0.1) is 0 Å². The maximum atomic E-state index is 4.87. The van der Waals surface area contributed by atoms with Gasteiger partial charge < -0.3 is 25.3 Å². The number of unbranched alkanes of at least 4 members (excludes halogenated alkanes) is 14. The van der Waals surface area contributed by atoms with Gasteiger partial charge in [-0.05, 0) is 12.8 Å². The molecule has 0 rings (SSSR count). The van der Waals surface area contributed by atoms with Gasteiger partial charge in [0.1, 0.15) is 0 Å². The summed E-state index contributed by atoms with van der Waals surface area (Å²) in [6, 6.07) is 0. The molecule has 29 heavy (non-hydrogen) atoms. The van der Waals surface area contributed by atoms with Crippen molar-refractivity contribution in [3.05, 3.63) is 12.8 Å². The summed E-state index contributed by atoms with van der Waals surface area (Å²) < 4.78 is 0. The van der Waals surface area contributed by atoms with Crippen molar-refractivity contribution < 1.29 is 0 Å². The summed E-state index contributed by atoms with van der Waals surface area (Å²) in [4.78, 5) is 0. The van der Waals surface area contributed by atoms with Gasteiger partial charge in [-0.1, -0.05) is 144 Å². The predicted octanol–water partition coefficient (Wildman–Crippen LogP) is 9.43. The van der Waals surface area contributed by atoms with Gasteiger partial charge in [-0.2, -0.15) is 11.5 Å². The third-order valence-corrected chi connectivity index (χ3v) is 4.57. The second-order valence-electron chi connectivity index (χ2n) is 7.51. The van der Waals surface area contributed by atoms with Crippen molar-refractivity contribution in [3.63, 3.8) is 0 Å². The summed E-state index contributed by atoms with van der Waals surface area (Å²) in [6.45, 7) is 12.5. The van der Waals surface area contributed by atoms with Crippen LogP contribution in [0.2, 0.25) is 0 Å². The standard InChI is InChI=1S/2C10H22S.2C3H7.Sn/c2*1-2-3-4-5-6-7-8-9-10-11;2*1-3-2;/h2*11H,2-10H2,1H3;2*3H,1-2H3;/q;;;;+2/p-2. The van der Waals surface area contributed by atoms with E-state index >= 15 is 0 Å². The van der Waals surface area contributed by atoms with Gasteiger partial charge in [-0.3, -0.25) is 0 Å². The van der Waals surface area contributed by atoms with Crippen LogP contribution >= 0.6 is 0 Å². The number of hydrogen-bond acceptors (Lipinski definition) is 2. The summed E-state index contributed by atoms with van der Waals surface area (Å²) in [5, 5.41) is 0. The molecule has 0 saturated carbocycles. The molecule has 0 fully saturated rings. The van der Waals surface area contributed by atoms with Crippen molar-refractivity contribution >= 4 is 49.2 Å². The Morgan fingerprint density at radius 1 is 0.414 bits per heavy atom. The van der Waals surface area contributed by atoms with Crippen LogP contribution in [0.4, 0.5) is 0 Å². The van der Waals surface area contributed by atoms with Crippen LogP contribution in [0.1, 0.15) is 144 Å². The first-order chi connectivity index (χ1) is 13.7. The first-order valence-corrected chi connectivity index (χ1v) is 13.5. The van der Waals surface area contributed by atoms with E-state index in [0.717, 1.165) is 11.5 Å². The largest absolute Gasteiger partial charge is 2.00 e. The van der Waals surface area contributed by atoms with Crippen molar-refractivity contribution in [3.8, 4) is 0 Å². The molecule has 0 atom stereocenters. The number of rotatable bonds is 16. The molecule has 0 aromatic heterocycles. The Morgan fingerprint density at radius 2 is 0.586 bits per heavy atom. The summed E-state index contributed by atoms with van der Waals surface area (Å²) >= 11 is 9.74. The summed E-state index contributed by atoms with van der Waals surface area (Å²) in [7, 11) is 0. The summed E-state index contributed by atoms with van der Waals surface area (Å²) in [6.07, 6.45) is 26.2. The van der Waals surface area contributed by atoms with Crippen LogP contribution in [0.3, 0.4) is 0 Å². The van der Waals surface area contributed by atoms with Crippen LogP contribution in [0, 0.1) is 12.8 Å². The third-order valence-electron chi connectivity index (χ3n) is 4.00. The molecule has 0 unspecified atom stereocenters. The maximum Gasteiger partial charge on any atom is 2.00 e. The van der Waals surface area contributed by atoms with E-state index in [-0.39, 0.29) is 23.9 Å². The molecular formula is C26H56S2Sn. The zero-order valence-corrected chi connectivity index (χ0v) is 25.7. The first kappa shape index (κ1) is 40.8. The van der Waals surface area contributed by atoms with E-state index in [1.54, 1.807) is 0 Å². The quantitative estimate of drug-likeness (QED) is 0.106. The molecule has 0 aliphatic carbocycles. The van der Waals surface area contributed by atoms with Crippen LogP contribution in [0.15, 0.2) is 0 Å². The molecule has 0 N–H and O–H groups in total. The van der Waals surface area contributed by atoms with Gasteiger partial charge in [-0.15, -0.1) is 0 Å². The smallest absolute Gasteiger partial charge is 0.793 e. The molecule has 0 aromatic carbocycles. The Labute approximate surface area is 216 Å². The van der Waals surface area contributed by atoms with Crippen molar-refractivity contribution in [1.82, 2.24) is 0 Å². The molecule has 0 aliphatic rings. The minimum atomic E-state index is 0. The van der Waals surface area contributed by atoms with Crippen molar-refractivity contribution in [2.75, 3.05) is 11.5 Å². The second kappa shape index (κ2) is 51.8. The fraction of sp³-hybridized carbons (Fsp3) is 0.923. The van der Waals surface area contributed by atoms with Crippen LogP contribution in [-0.2, 0) is 25.3 Å². The van der Waals surface area contributed by atoms with E-state index in [2.05, 4.69) is 13.8 Å². The van der Waals surface area contributed by atoms with Gasteiger partial charge in [0.15, 0.2) is 0 Å². The molecule has 0 amide bonds. The average molecular weight is 552 g/mol. The molecule has 0 aromatic rings. The van der Waals surface area contributed by atoms with Gasteiger partial charge in [0.2, 0.25) is 0 Å². The van der Waals surface area contributed by atoms with Gasteiger partial charge in [-0.25, -0.2) is 0 Å².